The minimum Gasteiger partial charge on any atom is -0.454 e. The molecular weight excluding hydrogens is 372 g/mol. The molecule has 2 aliphatic rings. The van der Waals surface area contributed by atoms with Gasteiger partial charge in [0.1, 0.15) is 6.10 Å². The van der Waals surface area contributed by atoms with Gasteiger partial charge < -0.3 is 18.7 Å². The highest BCUT2D eigenvalue weighted by Gasteiger charge is 2.26. The van der Waals surface area contributed by atoms with Crippen molar-refractivity contribution < 1.29 is 18.7 Å². The van der Waals surface area contributed by atoms with E-state index in [0.717, 1.165) is 28.3 Å². The van der Waals surface area contributed by atoms with E-state index >= 15 is 0 Å². The zero-order valence-electron chi connectivity index (χ0n) is 15.3. The van der Waals surface area contributed by atoms with Gasteiger partial charge >= 0.3 is 0 Å². The monoisotopic (exact) mass is 388 g/mol. The Hall–Kier alpha value is -3.65. The van der Waals surface area contributed by atoms with Crippen molar-refractivity contribution in [1.29, 1.82) is 0 Å². The number of ether oxygens (including phenoxy) is 3. The second kappa shape index (κ2) is 6.46. The van der Waals surface area contributed by atoms with E-state index in [1.54, 1.807) is 0 Å². The SMILES string of the molecule is c1ccc(-c2noc(-c3cc4n(n3)CC(c3ccc5c(c3)OCO5)OC4)n2)cc1. The van der Waals surface area contributed by atoms with Crippen molar-refractivity contribution in [3.8, 4) is 34.5 Å². The molecule has 4 aromatic rings. The standard InChI is InChI=1S/C21H16N4O4/c1-2-4-13(5-3-1)20-22-21(29-24-20)16-9-15-11-26-19(10-25(15)23-16)14-6-7-17-18(8-14)28-12-27-17/h1-9,19H,10-12H2. The van der Waals surface area contributed by atoms with Gasteiger partial charge in [-0.1, -0.05) is 41.6 Å². The van der Waals surface area contributed by atoms with E-state index < -0.39 is 0 Å². The van der Waals surface area contributed by atoms with Gasteiger partial charge in [0.25, 0.3) is 5.89 Å². The van der Waals surface area contributed by atoms with E-state index in [9.17, 15) is 0 Å². The van der Waals surface area contributed by atoms with Crippen LogP contribution in [0.3, 0.4) is 0 Å². The lowest BCUT2D eigenvalue weighted by molar-refractivity contribution is -0.00122. The van der Waals surface area contributed by atoms with Gasteiger partial charge in [0.15, 0.2) is 17.2 Å². The first-order chi connectivity index (χ1) is 14.3. The topological polar surface area (TPSA) is 84.4 Å². The van der Waals surface area contributed by atoms with Crippen LogP contribution < -0.4 is 9.47 Å². The van der Waals surface area contributed by atoms with E-state index in [2.05, 4.69) is 15.2 Å². The minimum absolute atomic E-state index is 0.118. The van der Waals surface area contributed by atoms with Crippen LogP contribution in [-0.4, -0.2) is 26.7 Å². The number of hydrogen-bond donors (Lipinski definition) is 0. The molecule has 2 aliphatic heterocycles. The smallest absolute Gasteiger partial charge is 0.278 e. The highest BCUT2D eigenvalue weighted by molar-refractivity contribution is 5.57. The van der Waals surface area contributed by atoms with Gasteiger partial charge in [-0.2, -0.15) is 10.1 Å². The van der Waals surface area contributed by atoms with Crippen molar-refractivity contribution >= 4 is 0 Å². The lowest BCUT2D eigenvalue weighted by Crippen LogP contribution is -2.21. The summed E-state index contributed by atoms with van der Waals surface area (Å²) in [6.45, 7) is 1.30. The molecule has 4 heterocycles. The second-order valence-electron chi connectivity index (χ2n) is 6.90. The molecule has 0 saturated carbocycles. The molecule has 144 valence electrons. The van der Waals surface area contributed by atoms with Gasteiger partial charge in [-0.25, -0.2) is 0 Å². The molecule has 0 radical (unpaired) electrons. The number of benzene rings is 2. The van der Waals surface area contributed by atoms with E-state index in [1.807, 2.05) is 59.3 Å². The van der Waals surface area contributed by atoms with Crippen molar-refractivity contribution in [2.75, 3.05) is 6.79 Å². The molecule has 2 aromatic carbocycles. The van der Waals surface area contributed by atoms with Crippen LogP contribution in [0.1, 0.15) is 17.4 Å². The van der Waals surface area contributed by atoms with E-state index in [0.29, 0.717) is 30.6 Å². The third-order valence-electron chi connectivity index (χ3n) is 5.08. The first kappa shape index (κ1) is 16.3. The second-order valence-corrected chi connectivity index (χ2v) is 6.90. The Balaban J connectivity index is 1.26. The highest BCUT2D eigenvalue weighted by atomic mass is 16.7. The molecule has 6 rings (SSSR count). The summed E-state index contributed by atoms with van der Waals surface area (Å²) in [4.78, 5) is 4.49. The van der Waals surface area contributed by atoms with Gasteiger partial charge in [-0.05, 0) is 23.8 Å². The number of nitrogens with zero attached hydrogens (tertiary/aromatic N) is 4. The molecule has 0 bridgehead atoms. The Morgan fingerprint density at radius 3 is 2.79 bits per heavy atom. The number of hydrogen-bond acceptors (Lipinski definition) is 7. The Bertz CT molecular complexity index is 1180. The first-order valence-corrected chi connectivity index (χ1v) is 9.31. The zero-order chi connectivity index (χ0) is 19.2. The molecule has 1 atom stereocenters. The summed E-state index contributed by atoms with van der Waals surface area (Å²) in [6.07, 6.45) is -0.118. The molecule has 8 heteroatoms. The summed E-state index contributed by atoms with van der Waals surface area (Å²) in [7, 11) is 0. The van der Waals surface area contributed by atoms with E-state index in [4.69, 9.17) is 18.7 Å². The lowest BCUT2D eigenvalue weighted by Gasteiger charge is -2.24. The molecule has 0 fully saturated rings. The Kier molecular flexibility index (Phi) is 3.63. The number of fused-ring (bicyclic) bond motifs is 2. The van der Waals surface area contributed by atoms with Crippen LogP contribution in [0.25, 0.3) is 23.0 Å². The molecule has 29 heavy (non-hydrogen) atoms. The fourth-order valence-corrected chi connectivity index (χ4v) is 3.58. The van der Waals surface area contributed by atoms with E-state index in [1.165, 1.54) is 0 Å². The summed E-state index contributed by atoms with van der Waals surface area (Å²) < 4.78 is 24.3. The van der Waals surface area contributed by atoms with Crippen molar-refractivity contribution in [1.82, 2.24) is 19.9 Å². The average Bonchev–Trinajstić information content (AvgIpc) is 3.52. The summed E-state index contributed by atoms with van der Waals surface area (Å²) in [5.41, 5.74) is 3.54. The van der Waals surface area contributed by atoms with Crippen molar-refractivity contribution in [2.24, 2.45) is 0 Å². The van der Waals surface area contributed by atoms with Gasteiger partial charge in [-0.3, -0.25) is 4.68 Å². The largest absolute Gasteiger partial charge is 0.454 e. The lowest BCUT2D eigenvalue weighted by atomic mass is 10.1. The summed E-state index contributed by atoms with van der Waals surface area (Å²) in [6, 6.07) is 17.5. The zero-order valence-corrected chi connectivity index (χ0v) is 15.3. The molecule has 0 amide bonds. The highest BCUT2D eigenvalue weighted by Crippen LogP contribution is 2.37. The first-order valence-electron chi connectivity index (χ1n) is 9.31. The Morgan fingerprint density at radius 2 is 1.86 bits per heavy atom. The molecule has 8 nitrogen and oxygen atoms in total. The maximum atomic E-state index is 6.05. The normalized spacial score (nSPS) is 17.3. The van der Waals surface area contributed by atoms with Crippen LogP contribution in [0.4, 0.5) is 0 Å². The third-order valence-corrected chi connectivity index (χ3v) is 5.08. The Morgan fingerprint density at radius 1 is 0.966 bits per heavy atom. The summed E-state index contributed by atoms with van der Waals surface area (Å²) >= 11 is 0. The molecule has 2 aromatic heterocycles. The van der Waals surface area contributed by atoms with Crippen LogP contribution in [0, 0.1) is 0 Å². The number of rotatable bonds is 3. The maximum absolute atomic E-state index is 6.05. The van der Waals surface area contributed by atoms with Gasteiger partial charge in [0, 0.05) is 5.56 Å². The third kappa shape index (κ3) is 2.85. The quantitative estimate of drug-likeness (QED) is 0.530. The molecular formula is C21H16N4O4. The van der Waals surface area contributed by atoms with Gasteiger partial charge in [0.05, 0.1) is 18.8 Å². The predicted molar refractivity (Wildman–Crippen MR) is 101 cm³/mol. The Labute approximate surface area is 165 Å². The molecule has 0 aliphatic carbocycles. The van der Waals surface area contributed by atoms with E-state index in [-0.39, 0.29) is 12.9 Å². The maximum Gasteiger partial charge on any atom is 0.278 e. The van der Waals surface area contributed by atoms with Crippen LogP contribution >= 0.6 is 0 Å². The fraction of sp³-hybridized carbons (Fsp3) is 0.190. The van der Waals surface area contributed by atoms with Crippen LogP contribution in [-0.2, 0) is 17.9 Å². The van der Waals surface area contributed by atoms with Crippen molar-refractivity contribution in [3.05, 3.63) is 65.9 Å². The van der Waals surface area contributed by atoms with Gasteiger partial charge in [-0.15, -0.1) is 0 Å². The molecule has 0 spiro atoms. The van der Waals surface area contributed by atoms with Crippen LogP contribution in [0.5, 0.6) is 11.5 Å². The average molecular weight is 388 g/mol. The summed E-state index contributed by atoms with van der Waals surface area (Å²) in [5.74, 6) is 2.45. The van der Waals surface area contributed by atoms with Gasteiger partial charge in [0.2, 0.25) is 12.6 Å². The number of aromatic nitrogens is 4. The van der Waals surface area contributed by atoms with Crippen molar-refractivity contribution in [3.63, 3.8) is 0 Å². The minimum atomic E-state index is -0.118. The molecule has 1 unspecified atom stereocenters. The van der Waals surface area contributed by atoms with Crippen molar-refractivity contribution in [2.45, 2.75) is 19.3 Å². The molecule has 0 saturated heterocycles. The predicted octanol–water partition coefficient (Wildman–Crippen LogP) is 3.60. The molecule has 0 N–H and O–H groups in total. The van der Waals surface area contributed by atoms with Crippen LogP contribution in [0.15, 0.2) is 59.1 Å². The summed E-state index contributed by atoms with van der Waals surface area (Å²) in [5, 5.41) is 8.73. The fourth-order valence-electron chi connectivity index (χ4n) is 3.58. The van der Waals surface area contributed by atoms with Crippen LogP contribution in [0.2, 0.25) is 0 Å².